The van der Waals surface area contributed by atoms with Crippen LogP contribution in [0.5, 0.6) is 0 Å². The predicted molar refractivity (Wildman–Crippen MR) is 150 cm³/mol. The average molecular weight is 467 g/mol. The van der Waals surface area contributed by atoms with Gasteiger partial charge < -0.3 is 0 Å². The Labute approximate surface area is 205 Å². The van der Waals surface area contributed by atoms with Crippen molar-refractivity contribution in [2.24, 2.45) is 0 Å². The predicted octanol–water partition coefficient (Wildman–Crippen LogP) is 3.72. The first kappa shape index (κ1) is 23.2. The van der Waals surface area contributed by atoms with Gasteiger partial charge in [0.25, 0.3) is 16.1 Å². The maximum Gasteiger partial charge on any atom is 0.275 e. The van der Waals surface area contributed by atoms with Crippen LogP contribution in [0.4, 0.5) is 0 Å². The SMILES string of the molecule is CC#C[Si](C#C[Si](C#CC)(c1ccccc1)c1ccccc1)(c1ccccc1)c1ccccc1. The Morgan fingerprint density at radius 1 is 0.353 bits per heavy atom. The standard InChI is InChI=1S/C32H26Si2/c1-3-25-33(29-17-9-5-10-18-29,30-19-11-6-12-20-30)27-28-34(26-4-2,31-21-13-7-14-22-31)32-23-15-8-16-24-32/h5-24H,1-2H3. The van der Waals surface area contributed by atoms with E-state index < -0.39 is 16.1 Å². The Morgan fingerprint density at radius 2 is 0.588 bits per heavy atom. The van der Waals surface area contributed by atoms with Gasteiger partial charge in [-0.15, -0.1) is 34.0 Å². The molecule has 0 radical (unpaired) electrons. The van der Waals surface area contributed by atoms with Crippen molar-refractivity contribution in [2.45, 2.75) is 13.8 Å². The average Bonchev–Trinajstić information content (AvgIpc) is 2.92. The fourth-order valence-electron chi connectivity index (χ4n) is 4.29. The molecule has 34 heavy (non-hydrogen) atoms. The summed E-state index contributed by atoms with van der Waals surface area (Å²) in [5, 5.41) is 4.82. The molecule has 0 fully saturated rings. The van der Waals surface area contributed by atoms with Crippen LogP contribution < -0.4 is 20.7 Å². The Bertz CT molecular complexity index is 1220. The van der Waals surface area contributed by atoms with Gasteiger partial charge in [-0.25, -0.2) is 0 Å². The molecule has 162 valence electrons. The van der Waals surface area contributed by atoms with Crippen LogP contribution in [0.3, 0.4) is 0 Å². The van der Waals surface area contributed by atoms with Crippen molar-refractivity contribution in [3.8, 4) is 34.0 Å². The minimum atomic E-state index is -2.71. The lowest BCUT2D eigenvalue weighted by Crippen LogP contribution is -2.60. The van der Waals surface area contributed by atoms with Crippen LogP contribution in [-0.2, 0) is 0 Å². The number of rotatable bonds is 4. The number of hydrogen-bond donors (Lipinski definition) is 0. The normalized spacial score (nSPS) is 10.5. The summed E-state index contributed by atoms with van der Waals surface area (Å²) in [4.78, 5) is 0. The summed E-state index contributed by atoms with van der Waals surface area (Å²) >= 11 is 0. The summed E-state index contributed by atoms with van der Waals surface area (Å²) in [6.45, 7) is 3.83. The fraction of sp³-hybridized carbons (Fsp3) is 0.0625. The second-order valence-electron chi connectivity index (χ2n) is 7.96. The molecule has 0 aliphatic rings. The number of benzene rings is 4. The summed E-state index contributed by atoms with van der Waals surface area (Å²) in [6.07, 6.45) is 0. The van der Waals surface area contributed by atoms with E-state index in [0.717, 1.165) is 0 Å². The molecular weight excluding hydrogens is 441 g/mol. The van der Waals surface area contributed by atoms with Crippen LogP contribution in [0.2, 0.25) is 0 Å². The van der Waals surface area contributed by atoms with Crippen LogP contribution in [0.1, 0.15) is 13.8 Å². The molecule has 0 atom stereocenters. The molecule has 0 aliphatic heterocycles. The molecular formula is C32H26Si2. The van der Waals surface area contributed by atoms with Gasteiger partial charge in [0.15, 0.2) is 0 Å². The highest BCUT2D eigenvalue weighted by atomic mass is 28.3. The highest BCUT2D eigenvalue weighted by molar-refractivity contribution is 7.17. The number of hydrogen-bond acceptors (Lipinski definition) is 0. The third kappa shape index (κ3) is 4.54. The molecule has 0 spiro atoms. The third-order valence-corrected chi connectivity index (χ3v) is 13.2. The zero-order chi connectivity index (χ0) is 23.7. The fourth-order valence-corrected chi connectivity index (χ4v) is 11.3. The quantitative estimate of drug-likeness (QED) is 0.318. The van der Waals surface area contributed by atoms with Crippen LogP contribution in [0, 0.1) is 34.0 Å². The molecule has 2 heteroatoms. The molecule has 0 nitrogen and oxygen atoms in total. The van der Waals surface area contributed by atoms with Crippen molar-refractivity contribution >= 4 is 36.9 Å². The van der Waals surface area contributed by atoms with Gasteiger partial charge in [0.05, 0.1) is 0 Å². The molecule has 0 unspecified atom stereocenters. The van der Waals surface area contributed by atoms with Gasteiger partial charge in [-0.3, -0.25) is 0 Å². The van der Waals surface area contributed by atoms with E-state index in [4.69, 9.17) is 0 Å². The summed E-state index contributed by atoms with van der Waals surface area (Å²) in [6, 6.07) is 42.3. The molecule has 0 amide bonds. The molecule has 4 aromatic carbocycles. The molecule has 0 bridgehead atoms. The van der Waals surface area contributed by atoms with Crippen molar-refractivity contribution in [3.63, 3.8) is 0 Å². The van der Waals surface area contributed by atoms with E-state index in [2.05, 4.69) is 155 Å². The van der Waals surface area contributed by atoms with Crippen LogP contribution in [0.15, 0.2) is 121 Å². The zero-order valence-corrected chi connectivity index (χ0v) is 21.5. The summed E-state index contributed by atoms with van der Waals surface area (Å²) < 4.78 is 0. The minimum Gasteiger partial charge on any atom is -0.112 e. The van der Waals surface area contributed by atoms with E-state index in [1.807, 2.05) is 13.8 Å². The van der Waals surface area contributed by atoms with Gasteiger partial charge in [-0.05, 0) is 34.6 Å². The zero-order valence-electron chi connectivity index (χ0n) is 19.5. The van der Waals surface area contributed by atoms with Gasteiger partial charge in [0.2, 0.25) is 0 Å². The Hall–Kier alpha value is -4.01. The second-order valence-corrected chi connectivity index (χ2v) is 14.3. The van der Waals surface area contributed by atoms with E-state index >= 15 is 0 Å². The molecule has 0 saturated heterocycles. The summed E-state index contributed by atoms with van der Waals surface area (Å²) in [7, 11) is -5.42. The highest BCUT2D eigenvalue weighted by Crippen LogP contribution is 2.09. The van der Waals surface area contributed by atoms with Gasteiger partial charge in [-0.2, -0.15) is 0 Å². The topological polar surface area (TPSA) is 0 Å². The van der Waals surface area contributed by atoms with Crippen LogP contribution in [0.25, 0.3) is 0 Å². The van der Waals surface area contributed by atoms with E-state index in [-0.39, 0.29) is 0 Å². The van der Waals surface area contributed by atoms with Crippen LogP contribution >= 0.6 is 0 Å². The van der Waals surface area contributed by atoms with Gasteiger partial charge in [-0.1, -0.05) is 121 Å². The molecule has 0 N–H and O–H groups in total. The molecule has 0 saturated carbocycles. The first-order chi connectivity index (χ1) is 16.7. The van der Waals surface area contributed by atoms with Crippen LogP contribution in [-0.4, -0.2) is 16.1 Å². The molecule has 0 aliphatic carbocycles. The molecule has 0 heterocycles. The maximum absolute atomic E-state index is 3.86. The lowest BCUT2D eigenvalue weighted by atomic mass is 10.4. The molecule has 4 aromatic rings. The molecule has 4 rings (SSSR count). The van der Waals surface area contributed by atoms with E-state index in [1.165, 1.54) is 20.7 Å². The molecule has 0 aromatic heterocycles. The highest BCUT2D eigenvalue weighted by Gasteiger charge is 2.39. The van der Waals surface area contributed by atoms with Gasteiger partial charge in [0, 0.05) is 0 Å². The largest absolute Gasteiger partial charge is 0.275 e. The maximum atomic E-state index is 3.86. The minimum absolute atomic E-state index is 1.21. The Kier molecular flexibility index (Phi) is 7.32. The first-order valence-corrected chi connectivity index (χ1v) is 15.4. The van der Waals surface area contributed by atoms with Crippen molar-refractivity contribution in [1.82, 2.24) is 0 Å². The van der Waals surface area contributed by atoms with Crippen molar-refractivity contribution in [2.75, 3.05) is 0 Å². The smallest absolute Gasteiger partial charge is 0.112 e. The first-order valence-electron chi connectivity index (χ1n) is 11.4. The van der Waals surface area contributed by atoms with Gasteiger partial charge >= 0.3 is 0 Å². The van der Waals surface area contributed by atoms with Crippen molar-refractivity contribution < 1.29 is 0 Å². The summed E-state index contributed by atoms with van der Waals surface area (Å²) in [5.41, 5.74) is 15.0. The van der Waals surface area contributed by atoms with E-state index in [9.17, 15) is 0 Å². The summed E-state index contributed by atoms with van der Waals surface area (Å²) in [5.74, 6) is 6.48. The Balaban J connectivity index is 2.08. The Morgan fingerprint density at radius 3 is 0.794 bits per heavy atom. The van der Waals surface area contributed by atoms with Crippen molar-refractivity contribution in [1.29, 1.82) is 0 Å². The second kappa shape index (κ2) is 10.7. The lowest BCUT2D eigenvalue weighted by Gasteiger charge is -2.25. The monoisotopic (exact) mass is 466 g/mol. The third-order valence-electron chi connectivity index (χ3n) is 5.89. The van der Waals surface area contributed by atoms with Gasteiger partial charge in [0.1, 0.15) is 0 Å². The lowest BCUT2D eigenvalue weighted by molar-refractivity contribution is 1.72. The van der Waals surface area contributed by atoms with E-state index in [1.54, 1.807) is 0 Å². The van der Waals surface area contributed by atoms with E-state index in [0.29, 0.717) is 0 Å². The van der Waals surface area contributed by atoms with Crippen molar-refractivity contribution in [3.05, 3.63) is 121 Å².